The Morgan fingerprint density at radius 3 is 2.61 bits per heavy atom. The van der Waals surface area contributed by atoms with Crippen LogP contribution in [0, 0.1) is 13.8 Å². The van der Waals surface area contributed by atoms with E-state index in [1.54, 1.807) is 12.1 Å². The monoisotopic (exact) mass is 406 g/mol. The summed E-state index contributed by atoms with van der Waals surface area (Å²) in [6.45, 7) is 8.96. The molecule has 1 fully saturated rings. The zero-order valence-electron chi connectivity index (χ0n) is 16.4. The number of ether oxygens (including phenoxy) is 2. The Bertz CT molecular complexity index is 928. The maximum Gasteiger partial charge on any atom is 0.240 e. The van der Waals surface area contributed by atoms with E-state index in [4.69, 9.17) is 9.47 Å². The SMILES string of the molecule is CCOc1ccc(S(=O)(=O)NCc2nc(C)cc(N3CCOCC3)n2)cc1C. The quantitative estimate of drug-likeness (QED) is 0.749. The van der Waals surface area contributed by atoms with Crippen LogP contribution in [0.15, 0.2) is 29.2 Å². The van der Waals surface area contributed by atoms with Crippen LogP contribution < -0.4 is 14.4 Å². The van der Waals surface area contributed by atoms with Crippen LogP contribution >= 0.6 is 0 Å². The van der Waals surface area contributed by atoms with Gasteiger partial charge in [0.05, 0.1) is 31.3 Å². The first kappa shape index (κ1) is 20.5. The molecule has 2 heterocycles. The van der Waals surface area contributed by atoms with Crippen LogP contribution in [-0.4, -0.2) is 51.3 Å². The van der Waals surface area contributed by atoms with E-state index in [2.05, 4.69) is 19.6 Å². The van der Waals surface area contributed by atoms with Crippen LogP contribution in [0.25, 0.3) is 0 Å². The largest absolute Gasteiger partial charge is 0.494 e. The molecule has 9 heteroatoms. The molecule has 0 saturated carbocycles. The van der Waals surface area contributed by atoms with Crippen molar-refractivity contribution in [3.63, 3.8) is 0 Å². The second-order valence-electron chi connectivity index (χ2n) is 6.57. The standard InChI is InChI=1S/C19H26N4O4S/c1-4-27-17-6-5-16(11-14(17)2)28(24,25)20-13-18-21-15(3)12-19(22-18)23-7-9-26-10-8-23/h5-6,11-12,20H,4,7-10,13H2,1-3H3. The minimum Gasteiger partial charge on any atom is -0.494 e. The summed E-state index contributed by atoms with van der Waals surface area (Å²) in [4.78, 5) is 11.2. The van der Waals surface area contributed by atoms with Crippen molar-refractivity contribution < 1.29 is 17.9 Å². The average Bonchev–Trinajstić information content (AvgIpc) is 2.68. The van der Waals surface area contributed by atoms with Gasteiger partial charge in [-0.15, -0.1) is 0 Å². The first-order valence-corrected chi connectivity index (χ1v) is 10.8. The van der Waals surface area contributed by atoms with Crippen LogP contribution in [0.3, 0.4) is 0 Å². The van der Waals surface area contributed by atoms with E-state index >= 15 is 0 Å². The van der Waals surface area contributed by atoms with Gasteiger partial charge in [-0.05, 0) is 44.5 Å². The molecule has 0 spiro atoms. The number of hydrogen-bond donors (Lipinski definition) is 1. The fourth-order valence-electron chi connectivity index (χ4n) is 3.00. The third-order valence-electron chi connectivity index (χ3n) is 4.40. The first-order valence-electron chi connectivity index (χ1n) is 9.29. The number of aromatic nitrogens is 2. The van der Waals surface area contributed by atoms with Gasteiger partial charge in [0, 0.05) is 24.8 Å². The van der Waals surface area contributed by atoms with Gasteiger partial charge in [0.25, 0.3) is 0 Å². The predicted octanol–water partition coefficient (Wildman–Crippen LogP) is 1.81. The molecule has 0 bridgehead atoms. The molecule has 2 aromatic rings. The summed E-state index contributed by atoms with van der Waals surface area (Å²) in [5.41, 5.74) is 1.56. The number of anilines is 1. The molecule has 0 unspecified atom stereocenters. The second kappa shape index (κ2) is 8.85. The van der Waals surface area contributed by atoms with Crippen molar-refractivity contribution in [2.45, 2.75) is 32.2 Å². The first-order chi connectivity index (χ1) is 13.4. The molecule has 8 nitrogen and oxygen atoms in total. The zero-order valence-corrected chi connectivity index (χ0v) is 17.3. The highest BCUT2D eigenvalue weighted by molar-refractivity contribution is 7.89. The van der Waals surface area contributed by atoms with Gasteiger partial charge in [0.1, 0.15) is 17.4 Å². The number of nitrogens with one attached hydrogen (secondary N) is 1. The van der Waals surface area contributed by atoms with E-state index in [9.17, 15) is 8.42 Å². The van der Waals surface area contributed by atoms with Gasteiger partial charge >= 0.3 is 0 Å². The van der Waals surface area contributed by atoms with Crippen LogP contribution in [0.1, 0.15) is 24.0 Å². The van der Waals surface area contributed by atoms with Gasteiger partial charge in [-0.3, -0.25) is 0 Å². The highest BCUT2D eigenvalue weighted by Crippen LogP contribution is 2.22. The van der Waals surface area contributed by atoms with Gasteiger partial charge in [-0.1, -0.05) is 0 Å². The van der Waals surface area contributed by atoms with E-state index in [1.807, 2.05) is 26.8 Å². The van der Waals surface area contributed by atoms with E-state index in [0.29, 0.717) is 31.4 Å². The van der Waals surface area contributed by atoms with Crippen molar-refractivity contribution in [3.8, 4) is 5.75 Å². The van der Waals surface area contributed by atoms with E-state index in [-0.39, 0.29) is 11.4 Å². The van der Waals surface area contributed by atoms with Crippen molar-refractivity contribution in [2.75, 3.05) is 37.8 Å². The summed E-state index contributed by atoms with van der Waals surface area (Å²) >= 11 is 0. The molecule has 1 saturated heterocycles. The van der Waals surface area contributed by atoms with Gasteiger partial charge in [-0.2, -0.15) is 0 Å². The summed E-state index contributed by atoms with van der Waals surface area (Å²) in [5, 5.41) is 0. The van der Waals surface area contributed by atoms with Crippen LogP contribution in [0.2, 0.25) is 0 Å². The maximum atomic E-state index is 12.7. The minimum atomic E-state index is -3.68. The average molecular weight is 407 g/mol. The number of hydrogen-bond acceptors (Lipinski definition) is 7. The Morgan fingerprint density at radius 2 is 1.93 bits per heavy atom. The summed E-state index contributed by atoms with van der Waals surface area (Å²) < 4.78 is 38.8. The number of morpholine rings is 1. The molecular weight excluding hydrogens is 380 g/mol. The number of benzene rings is 1. The molecule has 1 aliphatic rings. The van der Waals surface area contributed by atoms with Crippen LogP contribution in [0.5, 0.6) is 5.75 Å². The van der Waals surface area contributed by atoms with Crippen LogP contribution in [0.4, 0.5) is 5.82 Å². The molecule has 0 atom stereocenters. The lowest BCUT2D eigenvalue weighted by Gasteiger charge is -2.28. The molecule has 0 amide bonds. The highest BCUT2D eigenvalue weighted by Gasteiger charge is 2.18. The van der Waals surface area contributed by atoms with Gasteiger partial charge < -0.3 is 14.4 Å². The molecule has 1 aromatic carbocycles. The number of sulfonamides is 1. The smallest absolute Gasteiger partial charge is 0.240 e. The van der Waals surface area contributed by atoms with Crippen molar-refractivity contribution in [3.05, 3.63) is 41.3 Å². The fraction of sp³-hybridized carbons (Fsp3) is 0.474. The minimum absolute atomic E-state index is 0.0214. The lowest BCUT2D eigenvalue weighted by Crippen LogP contribution is -2.37. The second-order valence-corrected chi connectivity index (χ2v) is 8.33. The van der Waals surface area contributed by atoms with Crippen LogP contribution in [-0.2, 0) is 21.3 Å². The molecule has 3 rings (SSSR count). The van der Waals surface area contributed by atoms with Gasteiger partial charge in [0.15, 0.2) is 0 Å². The summed E-state index contributed by atoms with van der Waals surface area (Å²) in [6, 6.07) is 6.71. The normalized spacial score (nSPS) is 14.9. The van der Waals surface area contributed by atoms with Gasteiger partial charge in [-0.25, -0.2) is 23.1 Å². The number of aryl methyl sites for hydroxylation is 2. The summed E-state index contributed by atoms with van der Waals surface area (Å²) in [6.07, 6.45) is 0. The Kier molecular flexibility index (Phi) is 6.48. The Balaban J connectivity index is 1.73. The van der Waals surface area contributed by atoms with Gasteiger partial charge in [0.2, 0.25) is 10.0 Å². The molecule has 1 aromatic heterocycles. The van der Waals surface area contributed by atoms with E-state index in [1.165, 1.54) is 6.07 Å². The third kappa shape index (κ3) is 4.98. The van der Waals surface area contributed by atoms with E-state index in [0.717, 1.165) is 30.2 Å². The molecule has 1 N–H and O–H groups in total. The lowest BCUT2D eigenvalue weighted by atomic mass is 10.2. The zero-order chi connectivity index (χ0) is 20.1. The molecule has 0 aliphatic carbocycles. The third-order valence-corrected chi connectivity index (χ3v) is 5.80. The number of nitrogens with zero attached hydrogens (tertiary/aromatic N) is 3. The Labute approximate surface area is 166 Å². The molecule has 1 aliphatic heterocycles. The topological polar surface area (TPSA) is 93.7 Å². The van der Waals surface area contributed by atoms with Crippen molar-refractivity contribution in [1.29, 1.82) is 0 Å². The Morgan fingerprint density at radius 1 is 1.18 bits per heavy atom. The highest BCUT2D eigenvalue weighted by atomic mass is 32.2. The van der Waals surface area contributed by atoms with Crippen molar-refractivity contribution >= 4 is 15.8 Å². The molecule has 0 radical (unpaired) electrons. The predicted molar refractivity (Wildman–Crippen MR) is 106 cm³/mol. The van der Waals surface area contributed by atoms with Crippen molar-refractivity contribution in [1.82, 2.24) is 14.7 Å². The molecular formula is C19H26N4O4S. The maximum absolute atomic E-state index is 12.7. The van der Waals surface area contributed by atoms with Crippen molar-refractivity contribution in [2.24, 2.45) is 0 Å². The van der Waals surface area contributed by atoms with E-state index < -0.39 is 10.0 Å². The summed E-state index contributed by atoms with van der Waals surface area (Å²) in [5.74, 6) is 1.91. The Hall–Kier alpha value is -2.23. The summed E-state index contributed by atoms with van der Waals surface area (Å²) in [7, 11) is -3.68. The fourth-order valence-corrected chi connectivity index (χ4v) is 4.06. The molecule has 28 heavy (non-hydrogen) atoms. The lowest BCUT2D eigenvalue weighted by molar-refractivity contribution is 0.122. The number of rotatable bonds is 7. The molecule has 152 valence electrons.